The van der Waals surface area contributed by atoms with Crippen molar-refractivity contribution in [2.24, 2.45) is 0 Å². The summed E-state index contributed by atoms with van der Waals surface area (Å²) in [5.41, 5.74) is 1.85. The Morgan fingerprint density at radius 1 is 0.939 bits per heavy atom. The monoisotopic (exact) mass is 450 g/mol. The fourth-order valence-electron chi connectivity index (χ4n) is 4.27. The maximum absolute atomic E-state index is 13.3. The molecule has 8 heteroatoms. The molecule has 1 aliphatic heterocycles. The number of fused-ring (bicyclic) bond motifs is 1. The first kappa shape index (κ1) is 21.3. The molecule has 0 unspecified atom stereocenters. The van der Waals surface area contributed by atoms with Gasteiger partial charge in [0.1, 0.15) is 24.0 Å². The molecule has 1 aliphatic rings. The first-order chi connectivity index (χ1) is 16.0. The maximum atomic E-state index is 13.3. The molecule has 2 aromatic heterocycles. The van der Waals surface area contributed by atoms with Crippen LogP contribution in [-0.2, 0) is 13.2 Å². The van der Waals surface area contributed by atoms with Gasteiger partial charge in [0.15, 0.2) is 0 Å². The van der Waals surface area contributed by atoms with E-state index < -0.39 is 11.6 Å². The van der Waals surface area contributed by atoms with E-state index in [4.69, 9.17) is 4.74 Å². The van der Waals surface area contributed by atoms with Gasteiger partial charge in [0.05, 0.1) is 18.3 Å². The van der Waals surface area contributed by atoms with E-state index in [1.54, 1.807) is 12.3 Å². The van der Waals surface area contributed by atoms with Crippen molar-refractivity contribution in [1.82, 2.24) is 19.2 Å². The van der Waals surface area contributed by atoms with E-state index in [1.165, 1.54) is 35.6 Å². The summed E-state index contributed by atoms with van der Waals surface area (Å²) < 4.78 is 35.7. The molecule has 0 N–H and O–H groups in total. The van der Waals surface area contributed by atoms with Crippen molar-refractivity contribution < 1.29 is 13.5 Å². The molecule has 33 heavy (non-hydrogen) atoms. The molecule has 0 radical (unpaired) electrons. The second-order valence-electron chi connectivity index (χ2n) is 8.30. The Kier molecular flexibility index (Phi) is 5.92. The lowest BCUT2D eigenvalue weighted by Gasteiger charge is -2.14. The number of halogens is 2. The number of pyridine rings is 1. The van der Waals surface area contributed by atoms with Crippen LogP contribution in [0, 0.1) is 11.6 Å². The fraction of sp³-hybridized carbons (Fsp3) is 0.280. The van der Waals surface area contributed by atoms with Crippen molar-refractivity contribution in [2.75, 3.05) is 19.6 Å². The van der Waals surface area contributed by atoms with Gasteiger partial charge in [-0.3, -0.25) is 14.0 Å². The number of hydrogen-bond donors (Lipinski definition) is 0. The van der Waals surface area contributed by atoms with Gasteiger partial charge in [-0.15, -0.1) is 0 Å². The van der Waals surface area contributed by atoms with E-state index in [9.17, 15) is 13.6 Å². The van der Waals surface area contributed by atoms with Crippen molar-refractivity contribution >= 4 is 10.9 Å². The zero-order valence-corrected chi connectivity index (χ0v) is 18.1. The number of aromatic nitrogens is 3. The van der Waals surface area contributed by atoms with Gasteiger partial charge in [0.25, 0.3) is 5.56 Å². The summed E-state index contributed by atoms with van der Waals surface area (Å²) in [5.74, 6) is -1.01. The van der Waals surface area contributed by atoms with Crippen molar-refractivity contribution in [1.29, 1.82) is 0 Å². The van der Waals surface area contributed by atoms with E-state index >= 15 is 0 Å². The normalized spacial score (nSPS) is 14.2. The Labute approximate surface area is 189 Å². The van der Waals surface area contributed by atoms with E-state index in [-0.39, 0.29) is 12.2 Å². The highest BCUT2D eigenvalue weighted by molar-refractivity contribution is 5.80. The molecular weight excluding hydrogens is 426 g/mol. The lowest BCUT2D eigenvalue weighted by molar-refractivity contribution is 0.304. The third-order valence-electron chi connectivity index (χ3n) is 5.95. The number of hydrogen-bond acceptors (Lipinski definition) is 4. The van der Waals surface area contributed by atoms with E-state index in [1.807, 2.05) is 29.1 Å². The SMILES string of the molecule is O=c1cc(OCc2cc(F)cc(F)c2)ccn1-c1ccc2c(cnn2CCN2CCCC2)c1. The molecule has 6 nitrogen and oxygen atoms in total. The largest absolute Gasteiger partial charge is 0.489 e. The van der Waals surface area contributed by atoms with Crippen LogP contribution < -0.4 is 10.3 Å². The van der Waals surface area contributed by atoms with Gasteiger partial charge >= 0.3 is 0 Å². The number of ether oxygens (including phenoxy) is 1. The highest BCUT2D eigenvalue weighted by Gasteiger charge is 2.12. The molecule has 5 rings (SSSR count). The highest BCUT2D eigenvalue weighted by atomic mass is 19.1. The van der Waals surface area contributed by atoms with Crippen LogP contribution in [0.2, 0.25) is 0 Å². The molecular formula is C25H24F2N4O2. The number of likely N-dealkylation sites (tertiary alicyclic amines) is 1. The first-order valence-corrected chi connectivity index (χ1v) is 11.0. The van der Waals surface area contributed by atoms with Gasteiger partial charge in [0.2, 0.25) is 0 Å². The smallest absolute Gasteiger partial charge is 0.258 e. The van der Waals surface area contributed by atoms with Gasteiger partial charge in [-0.25, -0.2) is 8.78 Å². The summed E-state index contributed by atoms with van der Waals surface area (Å²) in [6.45, 7) is 4.10. The number of rotatable bonds is 7. The standard InChI is InChI=1S/C25H24F2N4O2/c26-20-11-18(12-21(27)14-20)17-33-23-5-8-30(25(32)15-23)22-3-4-24-19(13-22)16-28-31(24)10-9-29-6-1-2-7-29/h3-5,8,11-16H,1-2,6-7,9-10,17H2. The van der Waals surface area contributed by atoms with Gasteiger partial charge in [-0.1, -0.05) is 0 Å². The summed E-state index contributed by atoms with van der Waals surface area (Å²) in [4.78, 5) is 15.1. The molecule has 170 valence electrons. The summed E-state index contributed by atoms with van der Waals surface area (Å²) in [5, 5.41) is 5.49. The van der Waals surface area contributed by atoms with Crippen LogP contribution in [-0.4, -0.2) is 38.9 Å². The predicted octanol–water partition coefficient (Wildman–Crippen LogP) is 4.14. The summed E-state index contributed by atoms with van der Waals surface area (Å²) in [7, 11) is 0. The lowest BCUT2D eigenvalue weighted by atomic mass is 10.2. The third-order valence-corrected chi connectivity index (χ3v) is 5.95. The Morgan fingerprint density at radius 3 is 2.48 bits per heavy atom. The molecule has 0 spiro atoms. The summed E-state index contributed by atoms with van der Waals surface area (Å²) in [6, 6.07) is 12.0. The fourth-order valence-corrected chi connectivity index (χ4v) is 4.27. The minimum atomic E-state index is -0.668. The highest BCUT2D eigenvalue weighted by Crippen LogP contribution is 2.19. The van der Waals surface area contributed by atoms with Gasteiger partial charge in [0, 0.05) is 35.9 Å². The van der Waals surface area contributed by atoms with Crippen LogP contribution >= 0.6 is 0 Å². The van der Waals surface area contributed by atoms with Crippen molar-refractivity contribution in [3.63, 3.8) is 0 Å². The van der Waals surface area contributed by atoms with Crippen LogP contribution in [0.15, 0.2) is 65.7 Å². The van der Waals surface area contributed by atoms with Crippen LogP contribution in [0.3, 0.4) is 0 Å². The average molecular weight is 450 g/mol. The van der Waals surface area contributed by atoms with Crippen molar-refractivity contribution in [3.8, 4) is 11.4 Å². The molecule has 3 heterocycles. The van der Waals surface area contributed by atoms with Crippen LogP contribution in [0.1, 0.15) is 18.4 Å². The molecule has 1 saturated heterocycles. The Bertz CT molecular complexity index is 1320. The predicted molar refractivity (Wildman–Crippen MR) is 122 cm³/mol. The minimum Gasteiger partial charge on any atom is -0.489 e. The topological polar surface area (TPSA) is 52.3 Å². The molecule has 0 aliphatic carbocycles. The van der Waals surface area contributed by atoms with E-state index in [2.05, 4.69) is 10.00 Å². The second kappa shape index (κ2) is 9.15. The zero-order valence-electron chi connectivity index (χ0n) is 18.1. The van der Waals surface area contributed by atoms with Gasteiger partial charge in [-0.05, 0) is 67.9 Å². The van der Waals surface area contributed by atoms with Gasteiger partial charge < -0.3 is 9.64 Å². The first-order valence-electron chi connectivity index (χ1n) is 11.0. The van der Waals surface area contributed by atoms with Gasteiger partial charge in [-0.2, -0.15) is 5.10 Å². The van der Waals surface area contributed by atoms with Crippen LogP contribution in [0.5, 0.6) is 5.75 Å². The van der Waals surface area contributed by atoms with Crippen LogP contribution in [0.25, 0.3) is 16.6 Å². The van der Waals surface area contributed by atoms with Crippen molar-refractivity contribution in [3.05, 3.63) is 88.5 Å². The third kappa shape index (κ3) is 4.80. The van der Waals surface area contributed by atoms with E-state index in [0.29, 0.717) is 11.3 Å². The summed E-state index contributed by atoms with van der Waals surface area (Å²) in [6.07, 6.45) is 5.99. The Morgan fingerprint density at radius 2 is 1.73 bits per heavy atom. The number of nitrogens with zero attached hydrogens (tertiary/aromatic N) is 4. The zero-order chi connectivity index (χ0) is 22.8. The Hall–Kier alpha value is -3.52. The number of benzene rings is 2. The molecule has 0 amide bonds. The van der Waals surface area contributed by atoms with Crippen LogP contribution in [0.4, 0.5) is 8.78 Å². The second-order valence-corrected chi connectivity index (χ2v) is 8.30. The van der Waals surface area contributed by atoms with E-state index in [0.717, 1.165) is 48.8 Å². The lowest BCUT2D eigenvalue weighted by Crippen LogP contribution is -2.24. The molecule has 0 saturated carbocycles. The molecule has 0 atom stereocenters. The molecule has 0 bridgehead atoms. The molecule has 1 fully saturated rings. The maximum Gasteiger partial charge on any atom is 0.258 e. The quantitative estimate of drug-likeness (QED) is 0.425. The summed E-state index contributed by atoms with van der Waals surface area (Å²) >= 11 is 0. The average Bonchev–Trinajstić information content (AvgIpc) is 3.45. The molecule has 2 aromatic carbocycles. The Balaban J connectivity index is 1.30. The minimum absolute atomic E-state index is 0.0410. The van der Waals surface area contributed by atoms with Crippen molar-refractivity contribution in [2.45, 2.75) is 26.0 Å². The molecule has 4 aromatic rings.